The molecule has 0 bridgehead atoms. The van der Waals surface area contributed by atoms with Crippen LogP contribution in [0.25, 0.3) is 0 Å². The summed E-state index contributed by atoms with van der Waals surface area (Å²) in [4.78, 5) is 14.0. The second-order valence-electron chi connectivity index (χ2n) is 13.0. The van der Waals surface area contributed by atoms with Crippen LogP contribution in [-0.4, -0.2) is 35.5 Å². The third kappa shape index (κ3) is 2.68. The predicted octanol–water partition coefficient (Wildman–Crippen LogP) is 4.97. The minimum atomic E-state index is -0.448. The summed E-state index contributed by atoms with van der Waals surface area (Å²) in [5, 5.41) is 10.3. The fourth-order valence-corrected chi connectivity index (χ4v) is 9.93. The molecule has 1 spiro atoms. The molecule has 0 aromatic carbocycles. The molecule has 4 nitrogen and oxygen atoms in total. The molecule has 2 aliphatic heterocycles. The lowest BCUT2D eigenvalue weighted by atomic mass is 9.44. The second kappa shape index (κ2) is 6.79. The van der Waals surface area contributed by atoms with Crippen molar-refractivity contribution in [3.05, 3.63) is 0 Å². The van der Waals surface area contributed by atoms with Crippen LogP contribution in [0.5, 0.6) is 0 Å². The Kier molecular flexibility index (Phi) is 4.62. The molecule has 0 aromatic heterocycles. The zero-order valence-electron chi connectivity index (χ0n) is 19.9. The van der Waals surface area contributed by atoms with E-state index in [0.29, 0.717) is 41.3 Å². The molecule has 4 saturated carbocycles. The van der Waals surface area contributed by atoms with Crippen molar-refractivity contribution < 1.29 is 19.4 Å². The first-order valence-corrected chi connectivity index (χ1v) is 13.2. The SMILES string of the molecule is C[C@@H]1CC[C@@]2(OC1)O[C@H]1CC3[C@@H]4CC[C@H]5C[C@@H](O)CC[C@]5(C)[C@H]4CC(=O)[C@]3(C)[C@H]1[C@@H]2C. The number of carbonyl (C=O) groups excluding carboxylic acids is 1. The number of ketones is 1. The maximum Gasteiger partial charge on any atom is 0.171 e. The van der Waals surface area contributed by atoms with Crippen LogP contribution in [0.1, 0.15) is 85.5 Å². The monoisotopic (exact) mass is 430 g/mol. The van der Waals surface area contributed by atoms with Gasteiger partial charge >= 0.3 is 0 Å². The standard InChI is InChI=1S/C27H42O4/c1-15-7-10-27(30-14-15)16(2)24-22(31-27)12-21-19-6-5-17-11-18(28)8-9-25(17,3)20(19)13-23(29)26(21,24)4/h15-22,24,28H,5-14H2,1-4H3/t15-,16+,17+,18+,19-,20+,21?,22+,24+,25+,26-,27-/m1/s1. The molecule has 1 unspecified atom stereocenters. The van der Waals surface area contributed by atoms with Crippen molar-refractivity contribution in [2.45, 2.75) is 103 Å². The molecule has 4 aliphatic carbocycles. The molecule has 0 radical (unpaired) electrons. The Labute approximate surface area is 187 Å². The van der Waals surface area contributed by atoms with Crippen molar-refractivity contribution in [2.24, 2.45) is 52.3 Å². The highest BCUT2D eigenvalue weighted by Gasteiger charge is 2.71. The molecular weight excluding hydrogens is 388 g/mol. The first-order chi connectivity index (χ1) is 14.7. The van der Waals surface area contributed by atoms with Crippen LogP contribution in [0.3, 0.4) is 0 Å². The molecule has 4 heteroatoms. The first-order valence-electron chi connectivity index (χ1n) is 13.2. The quantitative estimate of drug-likeness (QED) is 0.589. The van der Waals surface area contributed by atoms with Gasteiger partial charge < -0.3 is 14.6 Å². The average molecular weight is 431 g/mol. The summed E-state index contributed by atoms with van der Waals surface area (Å²) in [5.74, 6) is 3.45. The van der Waals surface area contributed by atoms with Crippen LogP contribution < -0.4 is 0 Å². The van der Waals surface area contributed by atoms with E-state index in [2.05, 4.69) is 27.7 Å². The summed E-state index contributed by atoms with van der Waals surface area (Å²) in [6.45, 7) is 10.1. The summed E-state index contributed by atoms with van der Waals surface area (Å²) in [7, 11) is 0. The number of ether oxygens (including phenoxy) is 2. The van der Waals surface area contributed by atoms with E-state index in [1.165, 1.54) is 12.8 Å². The Balaban J connectivity index is 1.30. The average Bonchev–Trinajstić information content (AvgIpc) is 3.18. The van der Waals surface area contributed by atoms with Crippen molar-refractivity contribution in [1.82, 2.24) is 0 Å². The number of aliphatic hydroxyl groups is 1. The highest BCUT2D eigenvalue weighted by Crippen LogP contribution is 2.70. The lowest BCUT2D eigenvalue weighted by Gasteiger charge is -2.60. The van der Waals surface area contributed by atoms with Gasteiger partial charge in [-0.25, -0.2) is 0 Å². The number of hydrogen-bond donors (Lipinski definition) is 1. The number of rotatable bonds is 0. The van der Waals surface area contributed by atoms with Gasteiger partial charge in [0.05, 0.1) is 18.8 Å². The topological polar surface area (TPSA) is 55.8 Å². The second-order valence-corrected chi connectivity index (χ2v) is 13.0. The van der Waals surface area contributed by atoms with E-state index in [0.717, 1.165) is 51.6 Å². The molecule has 12 atom stereocenters. The van der Waals surface area contributed by atoms with Gasteiger partial charge in [0, 0.05) is 30.1 Å². The molecular formula is C27H42O4. The van der Waals surface area contributed by atoms with Gasteiger partial charge in [0.25, 0.3) is 0 Å². The van der Waals surface area contributed by atoms with Crippen LogP contribution in [0, 0.1) is 52.3 Å². The Morgan fingerprint density at radius 1 is 1.00 bits per heavy atom. The van der Waals surface area contributed by atoms with E-state index in [-0.39, 0.29) is 29.0 Å². The number of Topliss-reactive ketones (excluding diaryl/α,β-unsaturated/α-hetero) is 1. The van der Waals surface area contributed by atoms with Gasteiger partial charge in [0.1, 0.15) is 5.78 Å². The van der Waals surface area contributed by atoms with E-state index >= 15 is 0 Å². The van der Waals surface area contributed by atoms with E-state index in [1.807, 2.05) is 0 Å². The molecule has 6 rings (SSSR count). The molecule has 2 saturated heterocycles. The fourth-order valence-electron chi connectivity index (χ4n) is 9.93. The number of aliphatic hydroxyl groups excluding tert-OH is 1. The van der Waals surface area contributed by atoms with Gasteiger partial charge in [0.15, 0.2) is 5.79 Å². The normalized spacial score (nSPS) is 60.9. The Hall–Kier alpha value is -0.450. The van der Waals surface area contributed by atoms with Gasteiger partial charge in [-0.05, 0) is 80.0 Å². The van der Waals surface area contributed by atoms with E-state index in [1.54, 1.807) is 0 Å². The van der Waals surface area contributed by atoms with Gasteiger partial charge in [-0.15, -0.1) is 0 Å². The third-order valence-corrected chi connectivity index (χ3v) is 11.8. The molecule has 6 fully saturated rings. The number of fused-ring (bicyclic) bond motifs is 7. The fraction of sp³-hybridized carbons (Fsp3) is 0.963. The van der Waals surface area contributed by atoms with Gasteiger partial charge in [-0.1, -0.05) is 27.7 Å². The predicted molar refractivity (Wildman–Crippen MR) is 118 cm³/mol. The molecule has 2 heterocycles. The summed E-state index contributed by atoms with van der Waals surface area (Å²) in [5.41, 5.74) is -0.0221. The molecule has 0 aromatic rings. The van der Waals surface area contributed by atoms with Crippen molar-refractivity contribution in [3.63, 3.8) is 0 Å². The summed E-state index contributed by atoms with van der Waals surface area (Å²) < 4.78 is 13.2. The summed E-state index contributed by atoms with van der Waals surface area (Å²) in [6, 6.07) is 0. The van der Waals surface area contributed by atoms with Crippen LogP contribution >= 0.6 is 0 Å². The van der Waals surface area contributed by atoms with Crippen molar-refractivity contribution in [1.29, 1.82) is 0 Å². The van der Waals surface area contributed by atoms with Crippen molar-refractivity contribution in [2.75, 3.05) is 6.61 Å². The lowest BCUT2D eigenvalue weighted by molar-refractivity contribution is -0.272. The summed E-state index contributed by atoms with van der Waals surface area (Å²) in [6.07, 6.45) is 9.39. The van der Waals surface area contributed by atoms with Crippen LogP contribution in [-0.2, 0) is 14.3 Å². The maximum atomic E-state index is 14.0. The highest BCUT2D eigenvalue weighted by atomic mass is 16.7. The van der Waals surface area contributed by atoms with Crippen LogP contribution in [0.4, 0.5) is 0 Å². The molecule has 31 heavy (non-hydrogen) atoms. The van der Waals surface area contributed by atoms with Crippen LogP contribution in [0.2, 0.25) is 0 Å². The highest BCUT2D eigenvalue weighted by molar-refractivity contribution is 5.87. The van der Waals surface area contributed by atoms with Gasteiger partial charge in [-0.3, -0.25) is 4.79 Å². The van der Waals surface area contributed by atoms with E-state index in [9.17, 15) is 9.90 Å². The van der Waals surface area contributed by atoms with Crippen molar-refractivity contribution >= 4 is 5.78 Å². The first kappa shape index (κ1) is 21.1. The maximum absolute atomic E-state index is 14.0. The van der Waals surface area contributed by atoms with Crippen LogP contribution in [0.15, 0.2) is 0 Å². The van der Waals surface area contributed by atoms with Crippen molar-refractivity contribution in [3.8, 4) is 0 Å². The molecule has 1 N–H and O–H groups in total. The third-order valence-electron chi connectivity index (χ3n) is 11.8. The van der Waals surface area contributed by atoms with Gasteiger partial charge in [0.2, 0.25) is 0 Å². The summed E-state index contributed by atoms with van der Waals surface area (Å²) >= 11 is 0. The van der Waals surface area contributed by atoms with E-state index < -0.39 is 5.79 Å². The Morgan fingerprint density at radius 2 is 1.81 bits per heavy atom. The molecule has 6 aliphatic rings. The minimum absolute atomic E-state index is 0.131. The Bertz CT molecular complexity index is 756. The zero-order chi connectivity index (χ0) is 21.8. The van der Waals surface area contributed by atoms with E-state index in [4.69, 9.17) is 9.47 Å². The number of carbonyl (C=O) groups is 1. The smallest absolute Gasteiger partial charge is 0.171 e. The Morgan fingerprint density at radius 3 is 2.55 bits per heavy atom. The zero-order valence-corrected chi connectivity index (χ0v) is 19.9. The molecule has 174 valence electrons. The molecule has 0 amide bonds. The largest absolute Gasteiger partial charge is 0.393 e. The number of hydrogen-bond acceptors (Lipinski definition) is 4. The van der Waals surface area contributed by atoms with Gasteiger partial charge in [-0.2, -0.15) is 0 Å². The lowest BCUT2D eigenvalue weighted by Crippen LogP contribution is -2.58. The minimum Gasteiger partial charge on any atom is -0.393 e.